The van der Waals surface area contributed by atoms with Gasteiger partial charge < -0.3 is 4.42 Å². The number of nitrogens with zero attached hydrogens (tertiary/aromatic N) is 1. The third-order valence-electron chi connectivity index (χ3n) is 1.98. The van der Waals surface area contributed by atoms with E-state index in [2.05, 4.69) is 15.9 Å². The molecule has 2 rings (SSSR count). The Kier molecular flexibility index (Phi) is 3.41. The summed E-state index contributed by atoms with van der Waals surface area (Å²) >= 11 is 4.41. The van der Waals surface area contributed by atoms with Crippen molar-refractivity contribution in [2.45, 2.75) is 0 Å². The average molecular weight is 315 g/mol. The van der Waals surface area contributed by atoms with Crippen LogP contribution in [0, 0.1) is 0 Å². The highest BCUT2D eigenvalue weighted by atomic mass is 79.9. The Bertz CT molecular complexity index is 550. The summed E-state index contributed by atoms with van der Waals surface area (Å²) < 4.78 is 5.49. The van der Waals surface area contributed by atoms with Crippen LogP contribution in [0.3, 0.4) is 0 Å². The first-order chi connectivity index (χ1) is 8.11. The van der Waals surface area contributed by atoms with E-state index in [9.17, 15) is 9.59 Å². The number of hydrazine groups is 1. The van der Waals surface area contributed by atoms with Crippen LogP contribution >= 0.6 is 27.3 Å². The number of nitrogens with two attached hydrogens (primary N) is 1. The molecule has 0 fully saturated rings. The number of carbonyl (C=O) groups is 2. The lowest BCUT2D eigenvalue weighted by Crippen LogP contribution is -2.42. The number of hydrogen-bond acceptors (Lipinski definition) is 5. The van der Waals surface area contributed by atoms with Crippen LogP contribution in [0.15, 0.2) is 38.7 Å². The molecule has 0 aliphatic carbocycles. The summed E-state index contributed by atoms with van der Waals surface area (Å²) in [6.07, 6.45) is 1.34. The number of thiophene rings is 1. The SMILES string of the molecule is NN(C(=O)c1ccco1)C(=O)c1sccc1Br. The normalized spacial score (nSPS) is 10.2. The first-order valence-corrected chi connectivity index (χ1v) is 6.18. The Morgan fingerprint density at radius 3 is 2.65 bits per heavy atom. The van der Waals surface area contributed by atoms with Gasteiger partial charge in [-0.25, -0.2) is 10.9 Å². The molecule has 17 heavy (non-hydrogen) atoms. The van der Waals surface area contributed by atoms with E-state index in [0.29, 0.717) is 14.4 Å². The van der Waals surface area contributed by atoms with E-state index >= 15 is 0 Å². The molecule has 0 aromatic carbocycles. The summed E-state index contributed by atoms with van der Waals surface area (Å²) in [5, 5.41) is 2.26. The molecule has 0 bridgehead atoms. The van der Waals surface area contributed by atoms with Gasteiger partial charge in [0.05, 0.1) is 6.26 Å². The first-order valence-electron chi connectivity index (χ1n) is 4.51. The number of carbonyl (C=O) groups excluding carboxylic acids is 2. The van der Waals surface area contributed by atoms with Crippen LogP contribution < -0.4 is 5.84 Å². The van der Waals surface area contributed by atoms with Crippen LogP contribution in [-0.4, -0.2) is 16.8 Å². The minimum atomic E-state index is -0.680. The van der Waals surface area contributed by atoms with Crippen molar-refractivity contribution in [1.29, 1.82) is 0 Å². The fourth-order valence-electron chi connectivity index (χ4n) is 1.17. The molecule has 2 aromatic heterocycles. The number of hydrogen-bond donors (Lipinski definition) is 1. The van der Waals surface area contributed by atoms with Crippen molar-refractivity contribution in [1.82, 2.24) is 5.01 Å². The second-order valence-corrected chi connectivity index (χ2v) is 4.83. The molecule has 0 atom stereocenters. The molecule has 0 aliphatic rings. The molecule has 0 saturated heterocycles. The number of imide groups is 1. The van der Waals surface area contributed by atoms with Crippen molar-refractivity contribution < 1.29 is 14.0 Å². The fraction of sp³-hybridized carbons (Fsp3) is 0. The van der Waals surface area contributed by atoms with E-state index in [1.54, 1.807) is 17.5 Å². The highest BCUT2D eigenvalue weighted by molar-refractivity contribution is 9.10. The predicted octanol–water partition coefficient (Wildman–Crippen LogP) is 2.26. The van der Waals surface area contributed by atoms with Crippen molar-refractivity contribution in [2.24, 2.45) is 5.84 Å². The average Bonchev–Trinajstić information content (AvgIpc) is 2.96. The highest BCUT2D eigenvalue weighted by Gasteiger charge is 2.25. The summed E-state index contributed by atoms with van der Waals surface area (Å²) in [7, 11) is 0. The molecular weight excluding hydrogens is 308 g/mol. The molecule has 88 valence electrons. The summed E-state index contributed by atoms with van der Waals surface area (Å²) in [5.41, 5.74) is 0. The van der Waals surface area contributed by atoms with E-state index in [1.165, 1.54) is 23.7 Å². The van der Waals surface area contributed by atoms with Gasteiger partial charge in [0, 0.05) is 4.47 Å². The van der Waals surface area contributed by atoms with E-state index < -0.39 is 11.8 Å². The van der Waals surface area contributed by atoms with Gasteiger partial charge in [-0.1, -0.05) is 0 Å². The van der Waals surface area contributed by atoms with Crippen molar-refractivity contribution >= 4 is 39.1 Å². The summed E-state index contributed by atoms with van der Waals surface area (Å²) in [6.45, 7) is 0. The molecule has 2 heterocycles. The lowest BCUT2D eigenvalue weighted by molar-refractivity contribution is 0.0598. The molecule has 2 aromatic rings. The summed E-state index contributed by atoms with van der Waals surface area (Å²) in [4.78, 5) is 24.0. The zero-order valence-corrected chi connectivity index (χ0v) is 10.8. The van der Waals surface area contributed by atoms with E-state index in [0.717, 1.165) is 0 Å². The molecule has 7 heteroatoms. The molecule has 2 N–H and O–H groups in total. The van der Waals surface area contributed by atoms with Gasteiger partial charge in [0.2, 0.25) is 0 Å². The Balaban J connectivity index is 2.21. The van der Waals surface area contributed by atoms with Gasteiger partial charge in [-0.15, -0.1) is 11.3 Å². The molecule has 0 aliphatic heterocycles. The van der Waals surface area contributed by atoms with Crippen LogP contribution in [0.4, 0.5) is 0 Å². The van der Waals surface area contributed by atoms with Crippen molar-refractivity contribution in [3.05, 3.63) is 45.0 Å². The third kappa shape index (κ3) is 2.31. The van der Waals surface area contributed by atoms with Crippen LogP contribution in [0.2, 0.25) is 0 Å². The van der Waals surface area contributed by atoms with Crippen molar-refractivity contribution in [3.63, 3.8) is 0 Å². The van der Waals surface area contributed by atoms with Crippen LogP contribution in [-0.2, 0) is 0 Å². The standard InChI is InChI=1S/C10H7BrN2O3S/c11-6-3-5-17-8(6)10(15)13(12)9(14)7-2-1-4-16-7/h1-5H,12H2. The fourth-order valence-corrected chi connectivity index (χ4v) is 2.64. The van der Waals surface area contributed by atoms with Crippen LogP contribution in [0.1, 0.15) is 20.2 Å². The van der Waals surface area contributed by atoms with Crippen LogP contribution in [0.5, 0.6) is 0 Å². The smallest absolute Gasteiger partial charge is 0.310 e. The minimum Gasteiger partial charge on any atom is -0.459 e. The second-order valence-electron chi connectivity index (χ2n) is 3.06. The summed E-state index contributed by atoms with van der Waals surface area (Å²) in [5.74, 6) is 4.24. The minimum absolute atomic E-state index is 0.0218. The Morgan fingerprint density at radius 1 is 1.35 bits per heavy atom. The van der Waals surface area contributed by atoms with Crippen LogP contribution in [0.25, 0.3) is 0 Å². The molecule has 2 amide bonds. The maximum atomic E-state index is 11.9. The lowest BCUT2D eigenvalue weighted by Gasteiger charge is -2.12. The third-order valence-corrected chi connectivity index (χ3v) is 3.81. The largest absolute Gasteiger partial charge is 0.459 e. The monoisotopic (exact) mass is 314 g/mol. The van der Waals surface area contributed by atoms with Gasteiger partial charge in [0.15, 0.2) is 5.76 Å². The zero-order chi connectivity index (χ0) is 12.4. The molecule has 0 radical (unpaired) electrons. The quantitative estimate of drug-likeness (QED) is 0.399. The van der Waals surface area contributed by atoms with Crippen molar-refractivity contribution in [2.75, 3.05) is 0 Å². The van der Waals surface area contributed by atoms with Gasteiger partial charge in [-0.2, -0.15) is 0 Å². The number of furan rings is 1. The Morgan fingerprint density at radius 2 is 2.12 bits per heavy atom. The Hall–Kier alpha value is -1.44. The zero-order valence-electron chi connectivity index (χ0n) is 8.42. The lowest BCUT2D eigenvalue weighted by atomic mass is 10.4. The second kappa shape index (κ2) is 4.82. The Labute approximate surface area is 109 Å². The van der Waals surface area contributed by atoms with Gasteiger partial charge in [-0.3, -0.25) is 9.59 Å². The van der Waals surface area contributed by atoms with E-state index in [4.69, 9.17) is 10.3 Å². The topological polar surface area (TPSA) is 76.5 Å². The maximum absolute atomic E-state index is 11.9. The molecule has 5 nitrogen and oxygen atoms in total. The number of amides is 2. The summed E-state index contributed by atoms with van der Waals surface area (Å²) in [6, 6.07) is 4.70. The van der Waals surface area contributed by atoms with E-state index in [-0.39, 0.29) is 5.76 Å². The van der Waals surface area contributed by atoms with Gasteiger partial charge in [0.25, 0.3) is 5.91 Å². The molecular formula is C10H7BrN2O3S. The molecule has 0 spiro atoms. The highest BCUT2D eigenvalue weighted by Crippen LogP contribution is 2.23. The van der Waals surface area contributed by atoms with Crippen molar-refractivity contribution in [3.8, 4) is 0 Å². The van der Waals surface area contributed by atoms with Gasteiger partial charge >= 0.3 is 5.91 Å². The molecule has 0 saturated carbocycles. The maximum Gasteiger partial charge on any atom is 0.310 e. The van der Waals surface area contributed by atoms with E-state index in [1.807, 2.05) is 0 Å². The van der Waals surface area contributed by atoms with Gasteiger partial charge in [0.1, 0.15) is 4.88 Å². The van der Waals surface area contributed by atoms with Gasteiger partial charge in [-0.05, 0) is 39.5 Å². The first kappa shape index (κ1) is 12.0. The molecule has 0 unspecified atom stereocenters. The number of rotatable bonds is 2. The predicted molar refractivity (Wildman–Crippen MR) is 65.4 cm³/mol. The number of halogens is 1.